The molecule has 276 valence electrons. The minimum atomic E-state index is -4.75. The second-order valence-electron chi connectivity index (χ2n) is 13.2. The Balaban J connectivity index is 0.00000702. The summed E-state index contributed by atoms with van der Waals surface area (Å²) in [5.74, 6) is -0.995. The van der Waals surface area contributed by atoms with E-state index in [-0.39, 0.29) is 82.2 Å². The van der Waals surface area contributed by atoms with Crippen molar-refractivity contribution in [1.82, 2.24) is 0 Å². The summed E-state index contributed by atoms with van der Waals surface area (Å²) in [4.78, 5) is 2.98. The van der Waals surface area contributed by atoms with Gasteiger partial charge in [-0.2, -0.15) is 25.3 Å². The Labute approximate surface area is 350 Å². The first-order chi connectivity index (χ1) is 22.7. The molecule has 0 amide bonds. The molecule has 0 saturated carbocycles. The van der Waals surface area contributed by atoms with Crippen molar-refractivity contribution in [3.63, 3.8) is 0 Å². The van der Waals surface area contributed by atoms with Crippen molar-refractivity contribution in [2.75, 3.05) is 34.4 Å². The van der Waals surface area contributed by atoms with E-state index in [1.807, 2.05) is 43.6 Å². The van der Waals surface area contributed by atoms with Gasteiger partial charge in [0.1, 0.15) is 10.1 Å². The molecule has 2 aliphatic rings. The van der Waals surface area contributed by atoms with Gasteiger partial charge >= 0.3 is 51.4 Å². The molecule has 2 heterocycles. The molecule has 1 atom stereocenters. The van der Waals surface area contributed by atoms with Crippen molar-refractivity contribution >= 4 is 67.8 Å². The van der Waals surface area contributed by atoms with E-state index >= 15 is 0 Å². The van der Waals surface area contributed by atoms with Crippen molar-refractivity contribution < 1.29 is 103 Å². The molecule has 0 saturated heterocycles. The van der Waals surface area contributed by atoms with Crippen LogP contribution in [0.15, 0.2) is 80.7 Å². The molecule has 0 aromatic heterocycles. The second kappa shape index (κ2) is 16.0. The number of halogens is 1. The van der Waals surface area contributed by atoms with Gasteiger partial charge in [-0.3, -0.25) is 13.7 Å². The maximum absolute atomic E-state index is 11.9. The zero-order valence-electron chi connectivity index (χ0n) is 28.5. The summed E-state index contributed by atoms with van der Waals surface area (Å²) in [6.45, 7) is 7.72. The first-order valence-electron chi connectivity index (χ1n) is 15.2. The van der Waals surface area contributed by atoms with Crippen molar-refractivity contribution in [2.24, 2.45) is 0 Å². The average Bonchev–Trinajstić information content (AvgIpc) is 3.30. The Kier molecular flexibility index (Phi) is 13.9. The van der Waals surface area contributed by atoms with Crippen molar-refractivity contribution in [2.45, 2.75) is 67.2 Å². The summed E-state index contributed by atoms with van der Waals surface area (Å²) >= 11 is 3.55. The molecular weight excluding hydrogens is 840 g/mol. The van der Waals surface area contributed by atoms with Crippen LogP contribution in [0.3, 0.4) is 0 Å². The molecule has 0 bridgehead atoms. The number of nitrogens with zero attached hydrogens (tertiary/aromatic N) is 2. The van der Waals surface area contributed by atoms with Gasteiger partial charge in [-0.15, -0.1) is 0 Å². The predicted molar refractivity (Wildman–Crippen MR) is 191 cm³/mol. The van der Waals surface area contributed by atoms with E-state index in [1.54, 1.807) is 18.2 Å². The van der Waals surface area contributed by atoms with E-state index in [0.717, 1.165) is 0 Å². The van der Waals surface area contributed by atoms with Gasteiger partial charge in [-0.05, 0) is 78.6 Å². The Hall–Kier alpha value is -0.984. The van der Waals surface area contributed by atoms with Gasteiger partial charge in [-0.25, -0.2) is 8.42 Å². The summed E-state index contributed by atoms with van der Waals surface area (Å²) in [5.41, 5.74) is 1.40. The minimum absolute atomic E-state index is 0. The topological polar surface area (TPSA) is 227 Å². The quantitative estimate of drug-likeness (QED) is 0.147. The smallest absolute Gasteiger partial charge is 0.744 e. The molecule has 2 aromatic carbocycles. The van der Waals surface area contributed by atoms with Crippen LogP contribution in [-0.4, -0.2) is 82.5 Å². The Morgan fingerprint density at radius 3 is 1.90 bits per heavy atom. The molecule has 0 fully saturated rings. The van der Waals surface area contributed by atoms with Crippen LogP contribution in [0.25, 0.3) is 0 Å². The number of hydrogen-bond acceptors (Lipinski definition) is 11. The zero-order chi connectivity index (χ0) is 37.7. The zero-order valence-corrected chi connectivity index (χ0v) is 36.5. The summed E-state index contributed by atoms with van der Waals surface area (Å²) in [5, 5.41) is 0. The Morgan fingerprint density at radius 1 is 0.824 bits per heavy atom. The van der Waals surface area contributed by atoms with Crippen LogP contribution in [0.2, 0.25) is 0 Å². The van der Waals surface area contributed by atoms with Gasteiger partial charge in [0.05, 0.1) is 27.3 Å². The maximum Gasteiger partial charge on any atom is 1.00 e. The van der Waals surface area contributed by atoms with E-state index in [0.29, 0.717) is 32.7 Å². The van der Waals surface area contributed by atoms with Crippen LogP contribution in [0, 0.1) is 0 Å². The van der Waals surface area contributed by atoms with Crippen LogP contribution >= 0.6 is 15.9 Å². The SMILES string of the molecule is CC1(C)/C(=C/C=C(Br)/C=C/C2N(CCCS(=O)(=O)O)c3ccc(S(=O)(=O)[O-])cc3C2(C)C)N(CCCS(=O)(=O)O)c2ccc(S(=O)(=O)O)cc21.[K+]. The van der Waals surface area contributed by atoms with Gasteiger partial charge in [-0.1, -0.05) is 49.7 Å². The molecule has 3 N–H and O–H groups in total. The molecule has 0 spiro atoms. The molecule has 20 heteroatoms. The molecule has 2 aromatic rings. The van der Waals surface area contributed by atoms with E-state index in [4.69, 9.17) is 0 Å². The molecular formula is C31H38BrKN2O12S4. The van der Waals surface area contributed by atoms with Gasteiger partial charge in [0.25, 0.3) is 30.4 Å². The van der Waals surface area contributed by atoms with Gasteiger partial charge in [0.2, 0.25) is 0 Å². The Bertz CT molecular complexity index is 2220. The first-order valence-corrected chi connectivity index (χ1v) is 22.0. The fourth-order valence-corrected chi connectivity index (χ4v) is 8.79. The fraction of sp³-hybridized carbons (Fsp3) is 0.419. The second-order valence-corrected chi connectivity index (χ2v) is 20.0. The number of rotatable bonds is 13. The summed E-state index contributed by atoms with van der Waals surface area (Å²) in [6, 6.07) is 7.69. The van der Waals surface area contributed by atoms with Crippen molar-refractivity contribution in [1.29, 1.82) is 0 Å². The fourth-order valence-electron chi connectivity index (χ4n) is 6.52. The third-order valence-corrected chi connectivity index (χ3v) is 12.7. The van der Waals surface area contributed by atoms with Gasteiger partial charge < -0.3 is 14.4 Å². The molecule has 4 rings (SSSR count). The number of allylic oxidation sites excluding steroid dienone is 5. The van der Waals surface area contributed by atoms with Crippen LogP contribution in [0.5, 0.6) is 0 Å². The third kappa shape index (κ3) is 10.6. The standard InChI is InChI=1S/C31H39BrN2O12S4.K/c1-30(2)24-19-22(49(41,42)43)9-11-26(24)33(15-5-17-47(35,36)37)28(30)13-7-21(32)8-14-29-31(3,4)25-20-23(50(44,45)46)10-12-27(25)34(29)16-6-18-48(38,39)40;/h7-14,19-20,28H,5-6,15-18H2,1-4H3,(H,35,36,37)(H,38,39,40)(H,41,42,43)(H,44,45,46);/q;+1/p-1/b13-7+,21-8-,29-14-;. The largest absolute Gasteiger partial charge is 1.00 e. The van der Waals surface area contributed by atoms with Crippen LogP contribution in [0.4, 0.5) is 11.4 Å². The molecule has 14 nitrogen and oxygen atoms in total. The number of hydrogen-bond donors (Lipinski definition) is 3. The van der Waals surface area contributed by atoms with E-state index in [1.165, 1.54) is 36.4 Å². The molecule has 51 heavy (non-hydrogen) atoms. The van der Waals surface area contributed by atoms with Crippen LogP contribution < -0.4 is 61.2 Å². The first kappa shape index (κ1) is 44.4. The molecule has 1 unspecified atom stereocenters. The molecule has 0 radical (unpaired) electrons. The average molecular weight is 878 g/mol. The van der Waals surface area contributed by atoms with Gasteiger partial charge in [0, 0.05) is 45.5 Å². The normalized spacial score (nSPS) is 19.7. The molecule has 0 aliphatic carbocycles. The van der Waals surface area contributed by atoms with E-state index in [2.05, 4.69) is 15.9 Å². The van der Waals surface area contributed by atoms with Crippen molar-refractivity contribution in [3.05, 3.63) is 82.0 Å². The monoisotopic (exact) mass is 876 g/mol. The third-order valence-electron chi connectivity index (χ3n) is 8.92. The van der Waals surface area contributed by atoms with E-state index < -0.39 is 73.7 Å². The number of anilines is 2. The van der Waals surface area contributed by atoms with Gasteiger partial charge in [0.15, 0.2) is 0 Å². The number of benzene rings is 2. The predicted octanol–water partition coefficient (Wildman–Crippen LogP) is 1.38. The number of fused-ring (bicyclic) bond motifs is 2. The maximum atomic E-state index is 11.9. The minimum Gasteiger partial charge on any atom is -0.744 e. The van der Waals surface area contributed by atoms with Crippen molar-refractivity contribution in [3.8, 4) is 0 Å². The summed E-state index contributed by atoms with van der Waals surface area (Å²) in [6.07, 6.45) is 7.17. The van der Waals surface area contributed by atoms with Crippen LogP contribution in [-0.2, 0) is 51.3 Å². The van der Waals surface area contributed by atoms with E-state index in [9.17, 15) is 51.9 Å². The summed E-state index contributed by atoms with van der Waals surface area (Å²) in [7, 11) is -17.8. The summed E-state index contributed by atoms with van der Waals surface area (Å²) < 4.78 is 134. The molecule has 2 aliphatic heterocycles. The Morgan fingerprint density at radius 2 is 1.35 bits per heavy atom. The van der Waals surface area contributed by atoms with Crippen LogP contribution in [0.1, 0.15) is 51.7 Å².